The third-order valence-corrected chi connectivity index (χ3v) is 6.52. The number of anilines is 1. The topological polar surface area (TPSA) is 30.9 Å². The van der Waals surface area contributed by atoms with Crippen LogP contribution in [0.5, 0.6) is 0 Å². The lowest BCUT2D eigenvalue weighted by Crippen LogP contribution is -2.15. The van der Waals surface area contributed by atoms with Gasteiger partial charge in [-0.15, -0.1) is 0 Å². The predicted molar refractivity (Wildman–Crippen MR) is 123 cm³/mol. The zero-order valence-corrected chi connectivity index (χ0v) is 16.6. The highest BCUT2D eigenvalue weighted by Gasteiger charge is 2.35. The molecule has 29 heavy (non-hydrogen) atoms. The van der Waals surface area contributed by atoms with Crippen molar-refractivity contribution < 1.29 is 0 Å². The molecule has 0 unspecified atom stereocenters. The van der Waals surface area contributed by atoms with E-state index in [4.69, 9.17) is 5.73 Å². The summed E-state index contributed by atoms with van der Waals surface area (Å²) >= 11 is 0. The number of hydrogen-bond acceptors (Lipinski definition) is 1. The van der Waals surface area contributed by atoms with E-state index in [1.807, 2.05) is 6.07 Å². The van der Waals surface area contributed by atoms with Crippen LogP contribution in [-0.4, -0.2) is 4.57 Å². The Morgan fingerprint density at radius 2 is 1.21 bits per heavy atom. The highest BCUT2D eigenvalue weighted by molar-refractivity contribution is 6.09. The van der Waals surface area contributed by atoms with E-state index < -0.39 is 0 Å². The Balaban J connectivity index is 1.66. The highest BCUT2D eigenvalue weighted by atomic mass is 15.0. The van der Waals surface area contributed by atoms with Gasteiger partial charge in [0.1, 0.15) is 0 Å². The lowest BCUT2D eigenvalue weighted by Gasteiger charge is -2.22. The zero-order chi connectivity index (χ0) is 19.8. The van der Waals surface area contributed by atoms with Gasteiger partial charge in [0.05, 0.1) is 11.0 Å². The molecule has 2 nitrogen and oxygen atoms in total. The van der Waals surface area contributed by atoms with Gasteiger partial charge >= 0.3 is 0 Å². The minimum Gasteiger partial charge on any atom is -0.399 e. The van der Waals surface area contributed by atoms with E-state index in [-0.39, 0.29) is 5.41 Å². The molecule has 0 bridgehead atoms. The normalized spacial score (nSPS) is 14.3. The van der Waals surface area contributed by atoms with E-state index in [0.29, 0.717) is 0 Å². The molecule has 2 heteroatoms. The van der Waals surface area contributed by atoms with E-state index in [0.717, 1.165) is 5.69 Å². The molecule has 0 radical (unpaired) electrons. The first kappa shape index (κ1) is 16.4. The first-order chi connectivity index (χ1) is 14.1. The molecule has 0 fully saturated rings. The van der Waals surface area contributed by atoms with Crippen molar-refractivity contribution in [2.45, 2.75) is 19.3 Å². The predicted octanol–water partition coefficient (Wildman–Crippen LogP) is 6.67. The maximum absolute atomic E-state index is 6.11. The summed E-state index contributed by atoms with van der Waals surface area (Å²) in [6.07, 6.45) is 0. The lowest BCUT2D eigenvalue weighted by atomic mass is 9.82. The summed E-state index contributed by atoms with van der Waals surface area (Å²) in [5, 5.41) is 2.58. The summed E-state index contributed by atoms with van der Waals surface area (Å²) in [7, 11) is 0. The quantitative estimate of drug-likeness (QED) is 0.326. The molecule has 1 aliphatic carbocycles. The summed E-state index contributed by atoms with van der Waals surface area (Å²) in [6, 6.07) is 30.5. The van der Waals surface area contributed by atoms with Crippen molar-refractivity contribution in [1.82, 2.24) is 4.57 Å². The monoisotopic (exact) mass is 374 g/mol. The van der Waals surface area contributed by atoms with Gasteiger partial charge in [-0.25, -0.2) is 0 Å². The van der Waals surface area contributed by atoms with Gasteiger partial charge < -0.3 is 10.3 Å². The Hall–Kier alpha value is -3.52. The van der Waals surface area contributed by atoms with Crippen LogP contribution in [0.4, 0.5) is 5.69 Å². The van der Waals surface area contributed by atoms with Crippen molar-refractivity contribution in [2.75, 3.05) is 5.73 Å². The van der Waals surface area contributed by atoms with Crippen molar-refractivity contribution in [3.63, 3.8) is 0 Å². The maximum Gasteiger partial charge on any atom is 0.0541 e. The third-order valence-electron chi connectivity index (χ3n) is 6.52. The van der Waals surface area contributed by atoms with Crippen LogP contribution in [0.2, 0.25) is 0 Å². The third kappa shape index (κ3) is 2.11. The molecule has 140 valence electrons. The Morgan fingerprint density at radius 1 is 0.655 bits per heavy atom. The number of nitrogen functional groups attached to an aromatic ring is 1. The number of nitrogens with zero attached hydrogens (tertiary/aromatic N) is 1. The minimum atomic E-state index is -0.0746. The molecule has 5 aromatic rings. The van der Waals surface area contributed by atoms with E-state index in [1.165, 1.54) is 49.7 Å². The van der Waals surface area contributed by atoms with Crippen molar-refractivity contribution >= 4 is 27.5 Å². The number of aromatic nitrogens is 1. The molecule has 1 aliphatic rings. The largest absolute Gasteiger partial charge is 0.399 e. The molecule has 1 heterocycles. The number of hydrogen-bond donors (Lipinski definition) is 1. The molecule has 2 N–H and O–H groups in total. The zero-order valence-electron chi connectivity index (χ0n) is 16.6. The minimum absolute atomic E-state index is 0.0746. The fourth-order valence-electron chi connectivity index (χ4n) is 5.08. The Kier molecular flexibility index (Phi) is 3.12. The van der Waals surface area contributed by atoms with Gasteiger partial charge in [0.25, 0.3) is 0 Å². The summed E-state index contributed by atoms with van der Waals surface area (Å²) in [4.78, 5) is 0. The van der Waals surface area contributed by atoms with Crippen molar-refractivity contribution in [2.24, 2.45) is 0 Å². The van der Waals surface area contributed by atoms with Crippen LogP contribution in [-0.2, 0) is 5.41 Å². The van der Waals surface area contributed by atoms with Crippen LogP contribution in [0, 0.1) is 0 Å². The molecule has 0 atom stereocenters. The summed E-state index contributed by atoms with van der Waals surface area (Å²) in [6.45, 7) is 4.60. The molecular formula is C27H22N2. The fraction of sp³-hybridized carbons (Fsp3) is 0.111. The van der Waals surface area contributed by atoms with Gasteiger partial charge in [-0.1, -0.05) is 62.4 Å². The molecule has 0 spiro atoms. The van der Waals surface area contributed by atoms with Gasteiger partial charge in [-0.05, 0) is 58.7 Å². The van der Waals surface area contributed by atoms with Gasteiger partial charge in [0, 0.05) is 27.6 Å². The smallest absolute Gasteiger partial charge is 0.0541 e. The SMILES string of the molecule is CC1(C)c2cc(N)ccc2-c2ccc(-n3c4ccccc4c4ccccc43)cc21. The summed E-state index contributed by atoms with van der Waals surface area (Å²) < 4.78 is 2.39. The van der Waals surface area contributed by atoms with Gasteiger partial charge in [-0.2, -0.15) is 0 Å². The van der Waals surface area contributed by atoms with Crippen molar-refractivity contribution in [3.05, 3.63) is 96.1 Å². The first-order valence-corrected chi connectivity index (χ1v) is 10.1. The Labute approximate surface area is 170 Å². The van der Waals surface area contributed by atoms with E-state index in [9.17, 15) is 0 Å². The van der Waals surface area contributed by atoms with E-state index >= 15 is 0 Å². The first-order valence-electron chi connectivity index (χ1n) is 10.1. The summed E-state index contributed by atoms with van der Waals surface area (Å²) in [5.74, 6) is 0. The van der Waals surface area contributed by atoms with Crippen LogP contribution in [0.1, 0.15) is 25.0 Å². The second-order valence-corrected chi connectivity index (χ2v) is 8.53. The van der Waals surface area contributed by atoms with Crippen LogP contribution < -0.4 is 5.73 Å². The van der Waals surface area contributed by atoms with Crippen LogP contribution in [0.3, 0.4) is 0 Å². The molecule has 1 aromatic heterocycles. The average Bonchev–Trinajstić information content (AvgIpc) is 3.18. The molecule has 0 saturated carbocycles. The van der Waals surface area contributed by atoms with Crippen molar-refractivity contribution in [1.29, 1.82) is 0 Å². The number of benzene rings is 4. The summed E-state index contributed by atoms with van der Waals surface area (Å²) in [5.41, 5.74) is 15.8. The molecule has 0 amide bonds. The number of rotatable bonds is 1. The standard InChI is InChI=1S/C27H22N2/c1-27(2)23-15-17(28)11-13-19(23)20-14-12-18(16-24(20)27)29-25-9-5-3-7-21(25)22-8-4-6-10-26(22)29/h3-16H,28H2,1-2H3. The fourth-order valence-corrected chi connectivity index (χ4v) is 5.08. The van der Waals surface area contributed by atoms with Crippen molar-refractivity contribution in [3.8, 4) is 16.8 Å². The second-order valence-electron chi connectivity index (χ2n) is 8.53. The number of fused-ring (bicyclic) bond motifs is 6. The number of nitrogens with two attached hydrogens (primary N) is 1. The van der Waals surface area contributed by atoms with Crippen LogP contribution >= 0.6 is 0 Å². The van der Waals surface area contributed by atoms with Gasteiger partial charge in [-0.3, -0.25) is 0 Å². The van der Waals surface area contributed by atoms with E-state index in [2.05, 4.69) is 97.3 Å². The molecule has 6 rings (SSSR count). The number of para-hydroxylation sites is 2. The molecule has 4 aromatic carbocycles. The Bertz CT molecular complexity index is 1380. The average molecular weight is 374 g/mol. The van der Waals surface area contributed by atoms with Crippen LogP contribution in [0.25, 0.3) is 38.6 Å². The Morgan fingerprint density at radius 3 is 1.86 bits per heavy atom. The maximum atomic E-state index is 6.11. The van der Waals surface area contributed by atoms with Gasteiger partial charge in [0.15, 0.2) is 0 Å². The highest BCUT2D eigenvalue weighted by Crippen LogP contribution is 2.50. The van der Waals surface area contributed by atoms with E-state index in [1.54, 1.807) is 0 Å². The second kappa shape index (κ2) is 5.51. The molecule has 0 saturated heterocycles. The molecule has 0 aliphatic heterocycles. The van der Waals surface area contributed by atoms with Crippen LogP contribution in [0.15, 0.2) is 84.9 Å². The lowest BCUT2D eigenvalue weighted by molar-refractivity contribution is 0.660. The molecular weight excluding hydrogens is 352 g/mol. The van der Waals surface area contributed by atoms with Gasteiger partial charge in [0.2, 0.25) is 0 Å².